The topological polar surface area (TPSA) is 226 Å². The molecule has 14 heteroatoms. The minimum atomic E-state index is -5.10. The number of rotatable bonds is 44. The number of allylic oxidation sites excluding steroid dienone is 4. The fourth-order valence-electron chi connectivity index (χ4n) is 8.51. The molecule has 8 unspecified atom stereocenters. The van der Waals surface area contributed by atoms with Gasteiger partial charge in [-0.2, -0.15) is 0 Å². The van der Waals surface area contributed by atoms with E-state index in [0.29, 0.717) is 12.8 Å². The minimum Gasteiger partial charge on any atom is -0.393 e. The van der Waals surface area contributed by atoms with Crippen molar-refractivity contribution in [2.24, 2.45) is 0 Å². The zero-order chi connectivity index (χ0) is 48.0. The lowest BCUT2D eigenvalue weighted by Crippen LogP contribution is -2.64. The maximum Gasteiger partial charge on any atom is 0.472 e. The van der Waals surface area contributed by atoms with Crippen LogP contribution in [-0.4, -0.2) is 108 Å². The number of amides is 1. The molecular weight excluding hydrogens is 850 g/mol. The zero-order valence-corrected chi connectivity index (χ0v) is 41.8. The number of hydrogen-bond donors (Lipinski definition) is 9. The Balaban J connectivity index is 2.11. The van der Waals surface area contributed by atoms with E-state index in [1.165, 1.54) is 141 Å². The van der Waals surface area contributed by atoms with E-state index in [4.69, 9.17) is 9.05 Å². The predicted octanol–water partition coefficient (Wildman–Crippen LogP) is 9.93. The maximum absolute atomic E-state index is 12.9. The van der Waals surface area contributed by atoms with Crippen LogP contribution in [0.15, 0.2) is 24.3 Å². The molecule has 0 aromatic carbocycles. The lowest BCUT2D eigenvalue weighted by Gasteiger charge is -2.41. The third-order valence-electron chi connectivity index (χ3n) is 12.8. The second kappa shape index (κ2) is 40.6. The summed E-state index contributed by atoms with van der Waals surface area (Å²) in [6.07, 6.45) is 33.7. The molecule has 1 fully saturated rings. The van der Waals surface area contributed by atoms with Crippen molar-refractivity contribution < 1.29 is 59.0 Å². The van der Waals surface area contributed by atoms with Gasteiger partial charge in [-0.1, -0.05) is 205 Å². The number of phosphoric acid groups is 1. The summed E-state index contributed by atoms with van der Waals surface area (Å²) in [7, 11) is -5.10. The van der Waals surface area contributed by atoms with Gasteiger partial charge in [-0.3, -0.25) is 13.8 Å². The van der Waals surface area contributed by atoms with Gasteiger partial charge >= 0.3 is 7.82 Å². The number of phosphoric ester groups is 1. The van der Waals surface area contributed by atoms with Gasteiger partial charge in [0, 0.05) is 0 Å². The second-order valence-corrected chi connectivity index (χ2v) is 20.3. The van der Waals surface area contributed by atoms with E-state index in [0.717, 1.165) is 51.4 Å². The molecule has 65 heavy (non-hydrogen) atoms. The monoisotopic (exact) mass is 948 g/mol. The number of aliphatic hydroxyl groups is 7. The van der Waals surface area contributed by atoms with Crippen molar-refractivity contribution in [3.8, 4) is 0 Å². The van der Waals surface area contributed by atoms with Crippen molar-refractivity contribution in [3.05, 3.63) is 24.3 Å². The normalized spacial score (nSPS) is 22.7. The molecular formula is C51H98NO12P. The van der Waals surface area contributed by atoms with Crippen LogP contribution in [-0.2, 0) is 18.4 Å². The molecule has 8 atom stereocenters. The number of carbonyl (C=O) groups excluding carboxylic acids is 1. The van der Waals surface area contributed by atoms with Crippen LogP contribution in [0.4, 0.5) is 0 Å². The van der Waals surface area contributed by atoms with E-state index in [2.05, 4.69) is 36.5 Å². The van der Waals surface area contributed by atoms with Gasteiger partial charge in [-0.15, -0.1) is 0 Å². The third kappa shape index (κ3) is 32.3. The molecule has 1 saturated carbocycles. The Bertz CT molecular complexity index is 1210. The van der Waals surface area contributed by atoms with Crippen LogP contribution in [0.3, 0.4) is 0 Å². The summed E-state index contributed by atoms with van der Waals surface area (Å²) < 4.78 is 22.7. The van der Waals surface area contributed by atoms with Crippen molar-refractivity contribution in [1.82, 2.24) is 5.32 Å². The Kier molecular flexibility index (Phi) is 38.6. The van der Waals surface area contributed by atoms with Crippen molar-refractivity contribution >= 4 is 13.7 Å². The van der Waals surface area contributed by atoms with Gasteiger partial charge in [0.25, 0.3) is 0 Å². The highest BCUT2D eigenvalue weighted by Crippen LogP contribution is 2.47. The first-order valence-electron chi connectivity index (χ1n) is 26.4. The van der Waals surface area contributed by atoms with E-state index < -0.39 is 75.2 Å². The SMILES string of the molecule is CCCCCCCCCCC/C=C\C/C=C\CCCCCCCCCCCCCCCCCC(O)CC(=O)NC(COP(=O)(O)OC1C(O)C(O)C(O)C(O)C1O)C(O)CCCCCC. The van der Waals surface area contributed by atoms with Gasteiger partial charge in [0.05, 0.1) is 31.3 Å². The Morgan fingerprint density at radius 2 is 0.908 bits per heavy atom. The Hall–Kier alpha value is -1.22. The summed E-state index contributed by atoms with van der Waals surface area (Å²) in [4.78, 5) is 23.2. The standard InChI is InChI=1S/C51H98NO12P/c1-3-5-7-9-10-11-12-13-14-15-16-17-18-19-20-21-22-23-24-25-26-27-28-29-30-31-32-33-34-35-36-38-42(53)40-45(55)52-43(44(54)39-37-8-6-4-2)41-63-65(61,62)64-51-49(59)47(57)46(56)48(58)50(51)60/h16-17,19-20,42-44,46-51,53-54,56-60H,3-15,18,21-41H2,1-2H3,(H,52,55)(H,61,62)/b17-16-,20-19-. The van der Waals surface area contributed by atoms with Crippen LogP contribution in [0.1, 0.15) is 232 Å². The molecule has 13 nitrogen and oxygen atoms in total. The van der Waals surface area contributed by atoms with E-state index in [1.807, 2.05) is 6.92 Å². The quantitative estimate of drug-likeness (QED) is 0.0158. The number of unbranched alkanes of at least 4 members (excludes halogenated alkanes) is 27. The van der Waals surface area contributed by atoms with Gasteiger partial charge in [0.1, 0.15) is 36.6 Å². The summed E-state index contributed by atoms with van der Waals surface area (Å²) in [6, 6.07) is -1.15. The molecule has 0 aliphatic heterocycles. The smallest absolute Gasteiger partial charge is 0.393 e. The summed E-state index contributed by atoms with van der Waals surface area (Å²) in [5.41, 5.74) is 0. The number of hydrogen-bond acceptors (Lipinski definition) is 11. The predicted molar refractivity (Wildman–Crippen MR) is 261 cm³/mol. The van der Waals surface area contributed by atoms with E-state index >= 15 is 0 Å². The van der Waals surface area contributed by atoms with Crippen LogP contribution < -0.4 is 5.32 Å². The van der Waals surface area contributed by atoms with Gasteiger partial charge in [-0.25, -0.2) is 4.57 Å². The average molecular weight is 948 g/mol. The summed E-state index contributed by atoms with van der Waals surface area (Å²) in [5, 5.41) is 74.0. The Labute approximate surface area is 394 Å². The van der Waals surface area contributed by atoms with Crippen LogP contribution in [0, 0.1) is 0 Å². The lowest BCUT2D eigenvalue weighted by molar-refractivity contribution is -0.220. The number of aliphatic hydroxyl groups excluding tert-OH is 7. The summed E-state index contributed by atoms with van der Waals surface area (Å²) in [6.45, 7) is 3.63. The van der Waals surface area contributed by atoms with E-state index in [-0.39, 0.29) is 12.8 Å². The first-order valence-corrected chi connectivity index (χ1v) is 27.9. The molecule has 0 aromatic heterocycles. The zero-order valence-electron chi connectivity index (χ0n) is 40.9. The lowest BCUT2D eigenvalue weighted by atomic mass is 9.85. The van der Waals surface area contributed by atoms with Crippen LogP contribution in [0.25, 0.3) is 0 Å². The Morgan fingerprint density at radius 1 is 0.538 bits per heavy atom. The second-order valence-electron chi connectivity index (χ2n) is 18.9. The molecule has 0 bridgehead atoms. The first-order chi connectivity index (χ1) is 31.3. The largest absolute Gasteiger partial charge is 0.472 e. The third-order valence-corrected chi connectivity index (χ3v) is 13.8. The summed E-state index contributed by atoms with van der Waals surface area (Å²) >= 11 is 0. The minimum absolute atomic E-state index is 0.222. The molecule has 0 radical (unpaired) electrons. The molecule has 0 aromatic rings. The number of nitrogens with one attached hydrogen (secondary N) is 1. The molecule has 0 saturated heterocycles. The van der Waals surface area contributed by atoms with Crippen molar-refractivity contribution in [3.63, 3.8) is 0 Å². The summed E-state index contributed by atoms with van der Waals surface area (Å²) in [5.74, 6) is -0.567. The highest BCUT2D eigenvalue weighted by Gasteiger charge is 2.51. The van der Waals surface area contributed by atoms with Gasteiger partial charge < -0.3 is 46.0 Å². The van der Waals surface area contributed by atoms with Crippen LogP contribution in [0.5, 0.6) is 0 Å². The first kappa shape index (κ1) is 61.8. The van der Waals surface area contributed by atoms with Gasteiger partial charge in [0.2, 0.25) is 5.91 Å². The van der Waals surface area contributed by atoms with Gasteiger partial charge in [-0.05, 0) is 44.9 Å². The van der Waals surface area contributed by atoms with Gasteiger partial charge in [0.15, 0.2) is 0 Å². The number of carbonyl (C=O) groups is 1. The van der Waals surface area contributed by atoms with E-state index in [1.54, 1.807) is 0 Å². The molecule has 1 amide bonds. The molecule has 1 aliphatic rings. The maximum atomic E-state index is 12.9. The average Bonchev–Trinajstić information content (AvgIpc) is 3.28. The fourth-order valence-corrected chi connectivity index (χ4v) is 9.48. The molecule has 9 N–H and O–H groups in total. The molecule has 384 valence electrons. The van der Waals surface area contributed by atoms with Crippen molar-refractivity contribution in [1.29, 1.82) is 0 Å². The highest BCUT2D eigenvalue weighted by atomic mass is 31.2. The fraction of sp³-hybridized carbons (Fsp3) is 0.902. The van der Waals surface area contributed by atoms with Crippen molar-refractivity contribution in [2.75, 3.05) is 6.61 Å². The van der Waals surface area contributed by atoms with E-state index in [9.17, 15) is 50.0 Å². The van der Waals surface area contributed by atoms with Crippen molar-refractivity contribution in [2.45, 2.75) is 287 Å². The molecule has 0 heterocycles. The molecule has 0 spiro atoms. The van der Waals surface area contributed by atoms with Crippen LogP contribution in [0.2, 0.25) is 0 Å². The van der Waals surface area contributed by atoms with Crippen LogP contribution >= 0.6 is 7.82 Å². The molecule has 1 aliphatic carbocycles. The highest BCUT2D eigenvalue weighted by molar-refractivity contribution is 7.47. The Morgan fingerprint density at radius 3 is 1.35 bits per heavy atom. The molecule has 1 rings (SSSR count).